The molecule has 1 atom stereocenters. The molecule has 0 saturated carbocycles. The molecule has 0 aromatic heterocycles. The van der Waals surface area contributed by atoms with E-state index in [1.165, 1.54) is 21.0 Å². The third-order valence-corrected chi connectivity index (χ3v) is 5.71. The summed E-state index contributed by atoms with van der Waals surface area (Å²) in [6.07, 6.45) is 0.562. The van der Waals surface area contributed by atoms with Crippen molar-refractivity contribution < 1.29 is 14.3 Å². The minimum absolute atomic E-state index is 0.0860. The van der Waals surface area contributed by atoms with E-state index >= 15 is 0 Å². The van der Waals surface area contributed by atoms with Crippen LogP contribution in [0, 0.1) is 13.8 Å². The van der Waals surface area contributed by atoms with Gasteiger partial charge in [0.25, 0.3) is 5.91 Å². The molecule has 2 aromatic carbocycles. The second kappa shape index (κ2) is 9.65. The van der Waals surface area contributed by atoms with Gasteiger partial charge in [-0.25, -0.2) is 9.80 Å². The second-order valence-electron chi connectivity index (χ2n) is 9.58. The van der Waals surface area contributed by atoms with E-state index in [1.54, 1.807) is 14.2 Å². The first-order chi connectivity index (χ1) is 15.5. The summed E-state index contributed by atoms with van der Waals surface area (Å²) in [6.45, 7) is 9.76. The van der Waals surface area contributed by atoms with E-state index in [0.29, 0.717) is 12.2 Å². The van der Waals surface area contributed by atoms with Crippen molar-refractivity contribution in [2.75, 3.05) is 20.7 Å². The van der Waals surface area contributed by atoms with Crippen LogP contribution in [-0.2, 0) is 4.79 Å². The summed E-state index contributed by atoms with van der Waals surface area (Å²) < 4.78 is 5.57. The van der Waals surface area contributed by atoms with Gasteiger partial charge in [0.1, 0.15) is 12.3 Å². The van der Waals surface area contributed by atoms with Crippen LogP contribution in [0.4, 0.5) is 4.79 Å². The number of carbonyl (C=O) groups excluding carboxylic acids is 2. The van der Waals surface area contributed by atoms with Crippen molar-refractivity contribution in [2.45, 2.75) is 52.6 Å². The van der Waals surface area contributed by atoms with Crippen LogP contribution in [0.3, 0.4) is 0 Å². The van der Waals surface area contributed by atoms with Gasteiger partial charge in [-0.1, -0.05) is 30.3 Å². The Labute approximate surface area is 196 Å². The van der Waals surface area contributed by atoms with Gasteiger partial charge in [0.2, 0.25) is 0 Å². The van der Waals surface area contributed by atoms with E-state index in [2.05, 4.69) is 31.3 Å². The Balaban J connectivity index is 1.92. The predicted molar refractivity (Wildman–Crippen MR) is 131 cm³/mol. The smallest absolute Gasteiger partial charge is 0.318 e. The van der Waals surface area contributed by atoms with Crippen LogP contribution in [0.2, 0.25) is 0 Å². The summed E-state index contributed by atoms with van der Waals surface area (Å²) >= 11 is 0. The number of urea groups is 1. The van der Waals surface area contributed by atoms with E-state index in [0.717, 1.165) is 16.8 Å². The van der Waals surface area contributed by atoms with E-state index in [4.69, 9.17) is 9.84 Å². The van der Waals surface area contributed by atoms with Crippen molar-refractivity contribution in [3.63, 3.8) is 0 Å². The summed E-state index contributed by atoms with van der Waals surface area (Å²) in [4.78, 5) is 27.3. The zero-order valence-corrected chi connectivity index (χ0v) is 20.6. The summed E-state index contributed by atoms with van der Waals surface area (Å²) in [5.41, 5.74) is 4.70. The van der Waals surface area contributed by atoms with Crippen LogP contribution < -0.4 is 10.1 Å². The lowest BCUT2D eigenvalue weighted by atomic mass is 9.96. The second-order valence-corrected chi connectivity index (χ2v) is 9.58. The third-order valence-electron chi connectivity index (χ3n) is 5.71. The number of hydrogen-bond donors (Lipinski definition) is 1. The lowest BCUT2D eigenvalue weighted by Crippen LogP contribution is -2.49. The number of nitrogens with zero attached hydrogens (tertiary/aromatic N) is 3. The highest BCUT2D eigenvalue weighted by Crippen LogP contribution is 2.37. The first-order valence-corrected chi connectivity index (χ1v) is 11.1. The summed E-state index contributed by atoms with van der Waals surface area (Å²) in [5, 5.41) is 9.12. The van der Waals surface area contributed by atoms with Crippen molar-refractivity contribution in [1.29, 1.82) is 0 Å². The third kappa shape index (κ3) is 5.72. The van der Waals surface area contributed by atoms with Gasteiger partial charge in [-0.05, 0) is 63.4 Å². The van der Waals surface area contributed by atoms with Crippen LogP contribution >= 0.6 is 0 Å². The Kier molecular flexibility index (Phi) is 7.10. The van der Waals surface area contributed by atoms with E-state index in [-0.39, 0.29) is 24.5 Å². The van der Waals surface area contributed by atoms with Crippen molar-refractivity contribution in [2.24, 2.45) is 5.10 Å². The largest absolute Gasteiger partial charge is 0.496 e. The number of rotatable bonds is 5. The molecule has 7 nitrogen and oxygen atoms in total. The highest BCUT2D eigenvalue weighted by atomic mass is 16.5. The number of ether oxygens (including phenoxy) is 1. The first kappa shape index (κ1) is 24.3. The van der Waals surface area contributed by atoms with Gasteiger partial charge >= 0.3 is 6.03 Å². The molecule has 1 heterocycles. The van der Waals surface area contributed by atoms with Gasteiger partial charge in [0, 0.05) is 24.6 Å². The van der Waals surface area contributed by atoms with Crippen LogP contribution in [-0.4, -0.2) is 53.8 Å². The van der Waals surface area contributed by atoms with Crippen molar-refractivity contribution in [1.82, 2.24) is 15.2 Å². The Morgan fingerprint density at radius 3 is 2.48 bits per heavy atom. The molecule has 0 fully saturated rings. The Hall–Kier alpha value is -3.35. The monoisotopic (exact) mass is 450 g/mol. The highest BCUT2D eigenvalue weighted by molar-refractivity contribution is 6.03. The number of aryl methyl sites for hydroxylation is 2. The molecular formula is C26H34N4O3. The van der Waals surface area contributed by atoms with E-state index in [1.807, 2.05) is 51.1 Å². The van der Waals surface area contributed by atoms with E-state index in [9.17, 15) is 9.59 Å². The number of methoxy groups -OCH3 is 1. The molecule has 2 aromatic rings. The molecule has 3 rings (SSSR count). The molecule has 33 heavy (non-hydrogen) atoms. The van der Waals surface area contributed by atoms with Gasteiger partial charge < -0.3 is 15.0 Å². The number of hydrazone groups is 1. The van der Waals surface area contributed by atoms with Crippen LogP contribution in [0.1, 0.15) is 55.5 Å². The maximum absolute atomic E-state index is 13.4. The quantitative estimate of drug-likeness (QED) is 0.732. The number of carbonyl (C=O) groups is 2. The number of likely N-dealkylation sites (N-methyl/N-ethyl adjacent to an activating group) is 1. The predicted octanol–water partition coefficient (Wildman–Crippen LogP) is 4.43. The fraction of sp³-hybridized carbons (Fsp3) is 0.423. The Bertz CT molecular complexity index is 1070. The SMILES string of the molecule is COc1ccccc1[C@@H]1CC(c2ccc(C)c(C)c2)=NN1C(=O)CN(C)C(=O)NC(C)(C)C. The molecule has 1 aliphatic heterocycles. The van der Waals surface area contributed by atoms with Crippen molar-refractivity contribution in [3.8, 4) is 5.75 Å². The minimum atomic E-state index is -0.392. The minimum Gasteiger partial charge on any atom is -0.496 e. The number of nitrogens with one attached hydrogen (secondary N) is 1. The molecule has 0 bridgehead atoms. The molecule has 1 aliphatic rings. The normalized spacial score (nSPS) is 15.8. The lowest BCUT2D eigenvalue weighted by molar-refractivity contribution is -0.133. The van der Waals surface area contributed by atoms with Crippen LogP contribution in [0.15, 0.2) is 47.6 Å². The Morgan fingerprint density at radius 2 is 1.85 bits per heavy atom. The maximum atomic E-state index is 13.4. The van der Waals surface area contributed by atoms with Gasteiger partial charge in [-0.2, -0.15) is 5.10 Å². The molecule has 0 radical (unpaired) electrons. The number of benzene rings is 2. The first-order valence-electron chi connectivity index (χ1n) is 11.1. The molecule has 0 unspecified atom stereocenters. The molecule has 3 amide bonds. The maximum Gasteiger partial charge on any atom is 0.318 e. The summed E-state index contributed by atoms with van der Waals surface area (Å²) in [5.74, 6) is 0.451. The molecule has 7 heteroatoms. The molecular weight excluding hydrogens is 416 g/mol. The van der Waals surface area contributed by atoms with Gasteiger partial charge in [0.15, 0.2) is 0 Å². The number of hydrogen-bond acceptors (Lipinski definition) is 4. The standard InChI is InChI=1S/C26H34N4O3/c1-17-12-13-19(14-18(17)2)21-15-22(20-10-8-9-11-23(20)33-7)30(28-21)24(31)16-29(6)25(32)27-26(3,4)5/h8-14,22H,15-16H2,1-7H3,(H,27,32)/t22-/m0/s1. The highest BCUT2D eigenvalue weighted by Gasteiger charge is 2.35. The average molecular weight is 451 g/mol. The van der Waals surface area contributed by atoms with Crippen LogP contribution in [0.25, 0.3) is 0 Å². The number of amides is 3. The zero-order valence-electron chi connectivity index (χ0n) is 20.6. The summed E-state index contributed by atoms with van der Waals surface area (Å²) in [7, 11) is 3.23. The fourth-order valence-electron chi connectivity index (χ4n) is 3.78. The van der Waals surface area contributed by atoms with Gasteiger partial charge in [-0.15, -0.1) is 0 Å². The molecule has 176 valence electrons. The topological polar surface area (TPSA) is 74.2 Å². The molecule has 0 spiro atoms. The van der Waals surface area contributed by atoms with Crippen molar-refractivity contribution in [3.05, 3.63) is 64.7 Å². The summed E-state index contributed by atoms with van der Waals surface area (Å²) in [6, 6.07) is 13.3. The van der Waals surface area contributed by atoms with E-state index < -0.39 is 5.54 Å². The van der Waals surface area contributed by atoms with Crippen molar-refractivity contribution >= 4 is 17.6 Å². The zero-order chi connectivity index (χ0) is 24.3. The average Bonchev–Trinajstić information content (AvgIpc) is 3.19. The molecule has 0 aliphatic carbocycles. The van der Waals surface area contributed by atoms with Crippen LogP contribution in [0.5, 0.6) is 5.75 Å². The Morgan fingerprint density at radius 1 is 1.15 bits per heavy atom. The fourth-order valence-corrected chi connectivity index (χ4v) is 3.78. The molecule has 1 N–H and O–H groups in total. The lowest BCUT2D eigenvalue weighted by Gasteiger charge is -2.28. The van der Waals surface area contributed by atoms with Gasteiger partial charge in [0.05, 0.1) is 18.9 Å². The van der Waals surface area contributed by atoms with Gasteiger partial charge in [-0.3, -0.25) is 4.79 Å². The number of para-hydroxylation sites is 1. The molecule has 0 saturated heterocycles.